The van der Waals surface area contributed by atoms with Crippen molar-refractivity contribution in [2.24, 2.45) is 0 Å². The Morgan fingerprint density at radius 3 is 2.79 bits per heavy atom. The number of aromatic nitrogens is 1. The molecule has 2 rings (SSSR count). The molecule has 0 radical (unpaired) electrons. The van der Waals surface area contributed by atoms with Crippen LogP contribution in [0.15, 0.2) is 47.1 Å². The number of benzene rings is 1. The van der Waals surface area contributed by atoms with E-state index in [0.29, 0.717) is 0 Å². The van der Waals surface area contributed by atoms with Crippen LogP contribution in [0.2, 0.25) is 0 Å². The molecule has 1 heterocycles. The predicted molar refractivity (Wildman–Crippen MR) is 80.4 cm³/mol. The number of ether oxygens (including phenoxy) is 1. The lowest BCUT2D eigenvalue weighted by Crippen LogP contribution is -2.19. The normalized spacial score (nSPS) is 12.2. The van der Waals surface area contributed by atoms with Crippen molar-refractivity contribution in [2.75, 3.05) is 14.2 Å². The van der Waals surface area contributed by atoms with Gasteiger partial charge in [0, 0.05) is 28.8 Å². The second-order valence-corrected chi connectivity index (χ2v) is 5.21. The highest BCUT2D eigenvalue weighted by atomic mass is 79.9. The SMILES string of the molecule is CNC(Cc1ccc(Br)cn1)c1cccc(OC)c1. The molecule has 0 aliphatic heterocycles. The lowest BCUT2D eigenvalue weighted by Gasteiger charge is -2.17. The van der Waals surface area contributed by atoms with Gasteiger partial charge in [0.25, 0.3) is 0 Å². The minimum atomic E-state index is 0.226. The number of likely N-dealkylation sites (N-methyl/N-ethyl adjacent to an activating group) is 1. The standard InChI is InChI=1S/C15H17BrN2O/c1-17-15(9-13-7-6-12(16)10-18-13)11-4-3-5-14(8-11)19-2/h3-8,10,15,17H,9H2,1-2H3. The maximum Gasteiger partial charge on any atom is 0.119 e. The van der Waals surface area contributed by atoms with Crippen LogP contribution in [0.3, 0.4) is 0 Å². The minimum absolute atomic E-state index is 0.226. The first kappa shape index (κ1) is 14.0. The summed E-state index contributed by atoms with van der Waals surface area (Å²) in [6.45, 7) is 0. The van der Waals surface area contributed by atoms with E-state index in [0.717, 1.165) is 22.3 Å². The maximum atomic E-state index is 5.27. The minimum Gasteiger partial charge on any atom is -0.497 e. The van der Waals surface area contributed by atoms with Crippen molar-refractivity contribution in [1.82, 2.24) is 10.3 Å². The third-order valence-electron chi connectivity index (χ3n) is 3.05. The third-order valence-corrected chi connectivity index (χ3v) is 3.52. The third kappa shape index (κ3) is 3.78. The Balaban J connectivity index is 2.17. The summed E-state index contributed by atoms with van der Waals surface area (Å²) in [4.78, 5) is 4.42. The molecule has 4 heteroatoms. The Labute approximate surface area is 122 Å². The van der Waals surface area contributed by atoms with Gasteiger partial charge in [0.2, 0.25) is 0 Å². The number of nitrogens with one attached hydrogen (secondary N) is 1. The van der Waals surface area contributed by atoms with E-state index in [-0.39, 0.29) is 6.04 Å². The molecule has 1 unspecified atom stereocenters. The fourth-order valence-corrected chi connectivity index (χ4v) is 2.22. The molecule has 100 valence electrons. The van der Waals surface area contributed by atoms with Crippen LogP contribution in [-0.4, -0.2) is 19.1 Å². The van der Waals surface area contributed by atoms with E-state index in [2.05, 4.69) is 38.4 Å². The van der Waals surface area contributed by atoms with Crippen molar-refractivity contribution in [3.63, 3.8) is 0 Å². The quantitative estimate of drug-likeness (QED) is 0.917. The van der Waals surface area contributed by atoms with Gasteiger partial charge >= 0.3 is 0 Å². The van der Waals surface area contributed by atoms with Crippen LogP contribution in [0.25, 0.3) is 0 Å². The molecule has 1 aromatic carbocycles. The molecule has 1 N–H and O–H groups in total. The van der Waals surface area contributed by atoms with E-state index in [4.69, 9.17) is 4.74 Å². The summed E-state index contributed by atoms with van der Waals surface area (Å²) in [6, 6.07) is 12.4. The van der Waals surface area contributed by atoms with Gasteiger partial charge in [-0.3, -0.25) is 4.98 Å². The van der Waals surface area contributed by atoms with Crippen LogP contribution in [-0.2, 0) is 6.42 Å². The molecule has 0 saturated heterocycles. The van der Waals surface area contributed by atoms with E-state index >= 15 is 0 Å². The van der Waals surface area contributed by atoms with Gasteiger partial charge in [-0.1, -0.05) is 12.1 Å². The summed E-state index contributed by atoms with van der Waals surface area (Å²) < 4.78 is 6.26. The molecule has 0 saturated carbocycles. The van der Waals surface area contributed by atoms with Crippen molar-refractivity contribution >= 4 is 15.9 Å². The number of hydrogen-bond donors (Lipinski definition) is 1. The van der Waals surface area contributed by atoms with Crippen LogP contribution in [0.5, 0.6) is 5.75 Å². The molecule has 0 bridgehead atoms. The van der Waals surface area contributed by atoms with Crippen molar-refractivity contribution in [3.05, 3.63) is 58.3 Å². The van der Waals surface area contributed by atoms with Crippen LogP contribution >= 0.6 is 15.9 Å². The molecule has 0 amide bonds. The number of nitrogens with zero attached hydrogens (tertiary/aromatic N) is 1. The fourth-order valence-electron chi connectivity index (χ4n) is 1.98. The van der Waals surface area contributed by atoms with Gasteiger partial charge in [0.05, 0.1) is 7.11 Å². The van der Waals surface area contributed by atoms with Gasteiger partial charge in [0.1, 0.15) is 5.75 Å². The highest BCUT2D eigenvalue weighted by Gasteiger charge is 2.11. The zero-order valence-corrected chi connectivity index (χ0v) is 12.6. The monoisotopic (exact) mass is 320 g/mol. The first-order valence-electron chi connectivity index (χ1n) is 6.14. The van der Waals surface area contributed by atoms with Crippen LogP contribution in [0, 0.1) is 0 Å². The first-order chi connectivity index (χ1) is 9.22. The summed E-state index contributed by atoms with van der Waals surface area (Å²) in [7, 11) is 3.65. The lowest BCUT2D eigenvalue weighted by atomic mass is 10.0. The number of halogens is 1. The maximum absolute atomic E-state index is 5.27. The number of pyridine rings is 1. The van der Waals surface area contributed by atoms with Gasteiger partial charge in [0.15, 0.2) is 0 Å². The van der Waals surface area contributed by atoms with Gasteiger partial charge in [-0.05, 0) is 52.8 Å². The van der Waals surface area contributed by atoms with Crippen molar-refractivity contribution < 1.29 is 4.74 Å². The average Bonchev–Trinajstić information content (AvgIpc) is 2.46. The van der Waals surface area contributed by atoms with E-state index in [1.807, 2.05) is 37.5 Å². The molecule has 0 aliphatic carbocycles. The van der Waals surface area contributed by atoms with Gasteiger partial charge < -0.3 is 10.1 Å². The van der Waals surface area contributed by atoms with Crippen LogP contribution in [0.4, 0.5) is 0 Å². The molecule has 19 heavy (non-hydrogen) atoms. The molecular formula is C15H17BrN2O. The number of hydrogen-bond acceptors (Lipinski definition) is 3. The smallest absolute Gasteiger partial charge is 0.119 e. The molecule has 3 nitrogen and oxygen atoms in total. The molecule has 0 spiro atoms. The average molecular weight is 321 g/mol. The Morgan fingerprint density at radius 2 is 2.16 bits per heavy atom. The fraction of sp³-hybridized carbons (Fsp3) is 0.267. The van der Waals surface area contributed by atoms with Gasteiger partial charge in [-0.15, -0.1) is 0 Å². The Kier molecular flexibility index (Phi) is 4.93. The molecule has 1 aromatic heterocycles. The van der Waals surface area contributed by atoms with Crippen molar-refractivity contribution in [2.45, 2.75) is 12.5 Å². The van der Waals surface area contributed by atoms with Gasteiger partial charge in [-0.25, -0.2) is 0 Å². The topological polar surface area (TPSA) is 34.2 Å². The molecule has 0 aliphatic rings. The second-order valence-electron chi connectivity index (χ2n) is 4.29. The lowest BCUT2D eigenvalue weighted by molar-refractivity contribution is 0.413. The van der Waals surface area contributed by atoms with E-state index in [1.165, 1.54) is 5.56 Å². The van der Waals surface area contributed by atoms with E-state index in [9.17, 15) is 0 Å². The molecule has 2 aromatic rings. The highest BCUT2D eigenvalue weighted by Crippen LogP contribution is 2.22. The Hall–Kier alpha value is -1.39. The molecule has 1 atom stereocenters. The summed E-state index contributed by atoms with van der Waals surface area (Å²) in [5.74, 6) is 0.876. The second kappa shape index (κ2) is 6.68. The summed E-state index contributed by atoms with van der Waals surface area (Å²) >= 11 is 3.40. The summed E-state index contributed by atoms with van der Waals surface area (Å²) in [5.41, 5.74) is 2.26. The van der Waals surface area contributed by atoms with Gasteiger partial charge in [-0.2, -0.15) is 0 Å². The zero-order chi connectivity index (χ0) is 13.7. The summed E-state index contributed by atoms with van der Waals surface area (Å²) in [6.07, 6.45) is 2.67. The largest absolute Gasteiger partial charge is 0.497 e. The Morgan fingerprint density at radius 1 is 1.32 bits per heavy atom. The van der Waals surface area contributed by atoms with Crippen molar-refractivity contribution in [1.29, 1.82) is 0 Å². The molecule has 0 fully saturated rings. The van der Waals surface area contributed by atoms with E-state index < -0.39 is 0 Å². The Bertz CT molecular complexity index is 528. The zero-order valence-electron chi connectivity index (χ0n) is 11.1. The molecular weight excluding hydrogens is 304 g/mol. The first-order valence-corrected chi connectivity index (χ1v) is 6.94. The highest BCUT2D eigenvalue weighted by molar-refractivity contribution is 9.10. The summed E-state index contributed by atoms with van der Waals surface area (Å²) in [5, 5.41) is 3.33. The predicted octanol–water partition coefficient (Wildman–Crippen LogP) is 3.36. The van der Waals surface area contributed by atoms with Crippen molar-refractivity contribution in [3.8, 4) is 5.75 Å². The van der Waals surface area contributed by atoms with Crippen LogP contribution < -0.4 is 10.1 Å². The van der Waals surface area contributed by atoms with E-state index in [1.54, 1.807) is 7.11 Å². The van der Waals surface area contributed by atoms with Crippen LogP contribution in [0.1, 0.15) is 17.3 Å². The number of methoxy groups -OCH3 is 1. The number of rotatable bonds is 5.